The van der Waals surface area contributed by atoms with Gasteiger partial charge in [0.1, 0.15) is 0 Å². The van der Waals surface area contributed by atoms with Crippen LogP contribution in [0.15, 0.2) is 36.5 Å². The van der Waals surface area contributed by atoms with Crippen LogP contribution < -0.4 is 0 Å². The molecule has 1 heterocycles. The number of hydrogen-bond donors (Lipinski definition) is 1. The van der Waals surface area contributed by atoms with Gasteiger partial charge in [-0.25, -0.2) is 0 Å². The summed E-state index contributed by atoms with van der Waals surface area (Å²) in [5, 5.41) is 12.2. The fraction of sp³-hybridized carbons (Fsp3) is 0.438. The molecule has 1 aromatic carbocycles. The quantitative estimate of drug-likeness (QED) is 0.827. The Bertz CT molecular complexity index is 561. The summed E-state index contributed by atoms with van der Waals surface area (Å²) < 4.78 is 0. The Morgan fingerprint density at radius 3 is 2.89 bits per heavy atom. The molecule has 1 aliphatic rings. The first-order valence-electron chi connectivity index (χ1n) is 6.78. The van der Waals surface area contributed by atoms with Gasteiger partial charge in [0.15, 0.2) is 0 Å². The van der Waals surface area contributed by atoms with Crippen molar-refractivity contribution in [2.75, 3.05) is 0 Å². The van der Waals surface area contributed by atoms with Gasteiger partial charge in [0.05, 0.1) is 11.1 Å². The average molecular weight is 241 g/mol. The number of nitrogens with zero attached hydrogens (tertiary/aromatic N) is 1. The molecule has 0 bridgehead atoms. The van der Waals surface area contributed by atoms with Gasteiger partial charge >= 0.3 is 0 Å². The highest BCUT2D eigenvalue weighted by atomic mass is 16.3. The highest BCUT2D eigenvalue weighted by Crippen LogP contribution is 2.43. The predicted molar refractivity (Wildman–Crippen MR) is 73.3 cm³/mol. The van der Waals surface area contributed by atoms with E-state index >= 15 is 0 Å². The standard InChI is InChI=1S/C16H19NO/c1-12-6-2-3-10-16(12,18)14-9-4-7-13-8-5-11-17-15(13)14/h4-5,7-9,11-12,18H,2-3,6,10H2,1H3. The summed E-state index contributed by atoms with van der Waals surface area (Å²) in [6, 6.07) is 10.1. The van der Waals surface area contributed by atoms with Crippen molar-refractivity contribution in [1.82, 2.24) is 4.98 Å². The van der Waals surface area contributed by atoms with E-state index in [0.29, 0.717) is 5.92 Å². The molecule has 2 aromatic rings. The van der Waals surface area contributed by atoms with Crippen molar-refractivity contribution in [3.8, 4) is 0 Å². The van der Waals surface area contributed by atoms with Crippen LogP contribution in [0, 0.1) is 5.92 Å². The molecule has 1 aromatic heterocycles. The lowest BCUT2D eigenvalue weighted by atomic mass is 9.72. The zero-order valence-electron chi connectivity index (χ0n) is 10.8. The van der Waals surface area contributed by atoms with Crippen LogP contribution in [-0.4, -0.2) is 10.1 Å². The van der Waals surface area contributed by atoms with Crippen molar-refractivity contribution in [1.29, 1.82) is 0 Å². The van der Waals surface area contributed by atoms with Crippen LogP contribution in [0.5, 0.6) is 0 Å². The number of benzene rings is 1. The Balaban J connectivity index is 2.19. The minimum absolute atomic E-state index is 0.304. The summed E-state index contributed by atoms with van der Waals surface area (Å²) in [5.41, 5.74) is 1.26. The maximum atomic E-state index is 11.1. The fourth-order valence-electron chi connectivity index (χ4n) is 3.18. The predicted octanol–water partition coefficient (Wildman–Crippen LogP) is 3.63. The van der Waals surface area contributed by atoms with Crippen LogP contribution in [-0.2, 0) is 5.60 Å². The first-order valence-corrected chi connectivity index (χ1v) is 6.78. The first-order chi connectivity index (χ1) is 8.72. The monoisotopic (exact) mass is 241 g/mol. The molecule has 0 aliphatic heterocycles. The van der Waals surface area contributed by atoms with E-state index in [-0.39, 0.29) is 0 Å². The zero-order chi connectivity index (χ0) is 12.6. The van der Waals surface area contributed by atoms with Crippen LogP contribution in [0.3, 0.4) is 0 Å². The summed E-state index contributed by atoms with van der Waals surface area (Å²) in [4.78, 5) is 4.48. The third-order valence-corrected chi connectivity index (χ3v) is 4.36. The highest BCUT2D eigenvalue weighted by molar-refractivity contribution is 5.82. The summed E-state index contributed by atoms with van der Waals surface area (Å²) in [5.74, 6) is 0.304. The van der Waals surface area contributed by atoms with Gasteiger partial charge in [-0.2, -0.15) is 0 Å². The van der Waals surface area contributed by atoms with Crippen molar-refractivity contribution >= 4 is 10.9 Å². The molecule has 1 aliphatic carbocycles. The SMILES string of the molecule is CC1CCCCC1(O)c1cccc2cccnc12. The zero-order valence-corrected chi connectivity index (χ0v) is 10.8. The van der Waals surface area contributed by atoms with Crippen molar-refractivity contribution in [2.45, 2.75) is 38.2 Å². The molecule has 0 amide bonds. The molecule has 1 fully saturated rings. The van der Waals surface area contributed by atoms with Gasteiger partial charge < -0.3 is 5.11 Å². The third kappa shape index (κ3) is 1.72. The van der Waals surface area contributed by atoms with Gasteiger partial charge in [0.25, 0.3) is 0 Å². The van der Waals surface area contributed by atoms with Crippen LogP contribution in [0.25, 0.3) is 10.9 Å². The first kappa shape index (κ1) is 11.7. The largest absolute Gasteiger partial charge is 0.385 e. The molecule has 94 valence electrons. The van der Waals surface area contributed by atoms with E-state index in [9.17, 15) is 5.11 Å². The Hall–Kier alpha value is -1.41. The van der Waals surface area contributed by atoms with E-state index in [1.807, 2.05) is 24.4 Å². The fourth-order valence-corrected chi connectivity index (χ4v) is 3.18. The lowest BCUT2D eigenvalue weighted by Gasteiger charge is -2.39. The van der Waals surface area contributed by atoms with Crippen molar-refractivity contribution < 1.29 is 5.11 Å². The normalized spacial score (nSPS) is 28.4. The van der Waals surface area contributed by atoms with Gasteiger partial charge in [-0.05, 0) is 24.8 Å². The minimum atomic E-state index is -0.702. The van der Waals surface area contributed by atoms with E-state index in [0.717, 1.165) is 35.7 Å². The second kappa shape index (κ2) is 4.36. The number of rotatable bonds is 1. The van der Waals surface area contributed by atoms with E-state index in [2.05, 4.69) is 24.0 Å². The van der Waals surface area contributed by atoms with E-state index < -0.39 is 5.60 Å². The topological polar surface area (TPSA) is 33.1 Å². The van der Waals surface area contributed by atoms with Crippen molar-refractivity contribution in [2.24, 2.45) is 5.92 Å². The number of hydrogen-bond acceptors (Lipinski definition) is 2. The summed E-state index contributed by atoms with van der Waals surface area (Å²) in [6.45, 7) is 2.15. The number of aromatic nitrogens is 1. The number of aliphatic hydroxyl groups is 1. The van der Waals surface area contributed by atoms with Crippen LogP contribution in [0.4, 0.5) is 0 Å². The van der Waals surface area contributed by atoms with Crippen LogP contribution >= 0.6 is 0 Å². The Morgan fingerprint density at radius 1 is 1.22 bits per heavy atom. The Labute approximate surface area is 108 Å². The van der Waals surface area contributed by atoms with Gasteiger partial charge in [0.2, 0.25) is 0 Å². The van der Waals surface area contributed by atoms with Gasteiger partial charge in [-0.3, -0.25) is 4.98 Å². The molecule has 1 saturated carbocycles. The van der Waals surface area contributed by atoms with E-state index in [1.54, 1.807) is 0 Å². The van der Waals surface area contributed by atoms with Crippen molar-refractivity contribution in [3.05, 3.63) is 42.1 Å². The molecule has 2 atom stereocenters. The molecule has 2 nitrogen and oxygen atoms in total. The molecule has 2 unspecified atom stereocenters. The molecular weight excluding hydrogens is 222 g/mol. The smallest absolute Gasteiger partial charge is 0.0942 e. The molecule has 3 rings (SSSR count). The minimum Gasteiger partial charge on any atom is -0.385 e. The Kier molecular flexibility index (Phi) is 2.83. The van der Waals surface area contributed by atoms with E-state index in [4.69, 9.17) is 0 Å². The van der Waals surface area contributed by atoms with Crippen molar-refractivity contribution in [3.63, 3.8) is 0 Å². The molecular formula is C16H19NO. The average Bonchev–Trinajstić information content (AvgIpc) is 2.41. The summed E-state index contributed by atoms with van der Waals surface area (Å²) in [7, 11) is 0. The summed E-state index contributed by atoms with van der Waals surface area (Å²) >= 11 is 0. The molecule has 0 saturated heterocycles. The number of pyridine rings is 1. The van der Waals surface area contributed by atoms with Gasteiger partial charge in [0, 0.05) is 17.1 Å². The van der Waals surface area contributed by atoms with E-state index in [1.165, 1.54) is 6.42 Å². The molecule has 2 heteroatoms. The maximum absolute atomic E-state index is 11.1. The second-order valence-corrected chi connectivity index (χ2v) is 5.45. The number of para-hydroxylation sites is 1. The van der Waals surface area contributed by atoms with Crippen LogP contribution in [0.1, 0.15) is 38.2 Å². The molecule has 1 N–H and O–H groups in total. The molecule has 0 spiro atoms. The second-order valence-electron chi connectivity index (χ2n) is 5.45. The van der Waals surface area contributed by atoms with Crippen LogP contribution in [0.2, 0.25) is 0 Å². The van der Waals surface area contributed by atoms with Gasteiger partial charge in [-0.1, -0.05) is 44.0 Å². The summed E-state index contributed by atoms with van der Waals surface area (Å²) in [6.07, 6.45) is 6.08. The lowest BCUT2D eigenvalue weighted by molar-refractivity contribution is -0.0458. The third-order valence-electron chi connectivity index (χ3n) is 4.36. The molecule has 18 heavy (non-hydrogen) atoms. The van der Waals surface area contributed by atoms with Gasteiger partial charge in [-0.15, -0.1) is 0 Å². The maximum Gasteiger partial charge on any atom is 0.0942 e. The highest BCUT2D eigenvalue weighted by Gasteiger charge is 2.38. The number of fused-ring (bicyclic) bond motifs is 1. The Morgan fingerprint density at radius 2 is 2.06 bits per heavy atom. The molecule has 0 radical (unpaired) electrons. The lowest BCUT2D eigenvalue weighted by Crippen LogP contribution is -2.36.